The van der Waals surface area contributed by atoms with Crippen molar-refractivity contribution < 1.29 is 14.3 Å². The molecule has 8 heteroatoms. The predicted molar refractivity (Wildman–Crippen MR) is 116 cm³/mol. The number of amides is 1. The van der Waals surface area contributed by atoms with Gasteiger partial charge >= 0.3 is 5.97 Å². The molecule has 0 atom stereocenters. The summed E-state index contributed by atoms with van der Waals surface area (Å²) in [5, 5.41) is 3.51. The van der Waals surface area contributed by atoms with Crippen molar-refractivity contribution in [2.75, 3.05) is 7.11 Å². The largest absolute Gasteiger partial charge is 0.467 e. The molecule has 162 valence electrons. The Bertz CT molecular complexity index is 1050. The standard InChI is InChI=1S/C22H29N3O4S/c1-13-8-10-22(11-9-13,21(28)29-3)24-18(26)17-14(2)16-19(30-17)23-15-7-5-4-6-12-25(15)20(16)27/h13H,4-12H2,1-3H3,(H,24,26). The van der Waals surface area contributed by atoms with Gasteiger partial charge in [0.05, 0.1) is 17.4 Å². The van der Waals surface area contributed by atoms with Crippen LogP contribution in [-0.2, 0) is 22.5 Å². The molecule has 7 nitrogen and oxygen atoms in total. The summed E-state index contributed by atoms with van der Waals surface area (Å²) in [4.78, 5) is 44.8. The molecule has 3 heterocycles. The van der Waals surface area contributed by atoms with E-state index in [0.29, 0.717) is 46.0 Å². The van der Waals surface area contributed by atoms with E-state index in [2.05, 4.69) is 12.2 Å². The number of esters is 1. The monoisotopic (exact) mass is 431 g/mol. The first-order valence-electron chi connectivity index (χ1n) is 10.8. The van der Waals surface area contributed by atoms with E-state index in [1.165, 1.54) is 18.4 Å². The summed E-state index contributed by atoms with van der Waals surface area (Å²) in [6.45, 7) is 4.63. The minimum absolute atomic E-state index is 0.0566. The first-order chi connectivity index (χ1) is 14.4. The topological polar surface area (TPSA) is 90.3 Å². The lowest BCUT2D eigenvalue weighted by Crippen LogP contribution is -2.56. The molecule has 1 saturated carbocycles. The van der Waals surface area contributed by atoms with Gasteiger partial charge in [0, 0.05) is 13.0 Å². The zero-order chi connectivity index (χ0) is 21.5. The first kappa shape index (κ1) is 21.0. The Morgan fingerprint density at radius 1 is 1.23 bits per heavy atom. The van der Waals surface area contributed by atoms with Crippen LogP contribution < -0.4 is 10.9 Å². The molecule has 0 radical (unpaired) electrons. The van der Waals surface area contributed by atoms with Crippen molar-refractivity contribution in [3.63, 3.8) is 0 Å². The van der Waals surface area contributed by atoms with Crippen LogP contribution in [0.25, 0.3) is 10.2 Å². The molecule has 1 aliphatic heterocycles. The number of nitrogens with zero attached hydrogens (tertiary/aromatic N) is 2. The number of thiophene rings is 1. The number of aryl methyl sites for hydroxylation is 2. The average Bonchev–Trinajstić information content (AvgIpc) is 2.90. The van der Waals surface area contributed by atoms with Gasteiger partial charge in [-0.2, -0.15) is 0 Å². The number of hydrogen-bond donors (Lipinski definition) is 1. The fourth-order valence-corrected chi connectivity index (χ4v) is 5.82. The van der Waals surface area contributed by atoms with Gasteiger partial charge in [-0.15, -0.1) is 11.3 Å². The van der Waals surface area contributed by atoms with E-state index < -0.39 is 11.5 Å². The fourth-order valence-electron chi connectivity index (χ4n) is 4.73. The minimum Gasteiger partial charge on any atom is -0.467 e. The molecule has 1 amide bonds. The van der Waals surface area contributed by atoms with Crippen molar-refractivity contribution in [2.45, 2.75) is 77.3 Å². The summed E-state index contributed by atoms with van der Waals surface area (Å²) >= 11 is 1.24. The molecule has 1 aliphatic carbocycles. The molecule has 1 fully saturated rings. The highest BCUT2D eigenvalue weighted by molar-refractivity contribution is 7.20. The van der Waals surface area contributed by atoms with E-state index in [1.807, 2.05) is 0 Å². The van der Waals surface area contributed by atoms with Gasteiger partial charge in [-0.25, -0.2) is 9.78 Å². The van der Waals surface area contributed by atoms with Crippen LogP contribution in [-0.4, -0.2) is 34.1 Å². The SMILES string of the molecule is COC(=O)C1(NC(=O)c2sc3nc4n(c(=O)c3c2C)CCCCC4)CCC(C)CC1. The quantitative estimate of drug-likeness (QED) is 0.753. The summed E-state index contributed by atoms with van der Waals surface area (Å²) in [6, 6.07) is 0. The van der Waals surface area contributed by atoms with E-state index in [-0.39, 0.29) is 11.5 Å². The number of carbonyl (C=O) groups excluding carboxylic acids is 2. The second-order valence-electron chi connectivity index (χ2n) is 8.74. The molecule has 1 N–H and O–H groups in total. The molecule has 0 bridgehead atoms. The molecule has 0 aromatic carbocycles. The van der Waals surface area contributed by atoms with E-state index in [0.717, 1.165) is 44.3 Å². The highest BCUT2D eigenvalue weighted by atomic mass is 32.1. The van der Waals surface area contributed by atoms with Crippen LogP contribution in [0.3, 0.4) is 0 Å². The highest BCUT2D eigenvalue weighted by Crippen LogP contribution is 2.34. The van der Waals surface area contributed by atoms with Gasteiger partial charge < -0.3 is 10.1 Å². The summed E-state index contributed by atoms with van der Waals surface area (Å²) < 4.78 is 6.81. The van der Waals surface area contributed by atoms with Crippen LogP contribution in [0.2, 0.25) is 0 Å². The molecule has 2 aromatic rings. The van der Waals surface area contributed by atoms with E-state index in [9.17, 15) is 14.4 Å². The predicted octanol–water partition coefficient (Wildman–Crippen LogP) is 3.34. The Labute approximate surface area is 179 Å². The number of nitrogens with one attached hydrogen (secondary N) is 1. The lowest BCUT2D eigenvalue weighted by molar-refractivity contribution is -0.150. The van der Waals surface area contributed by atoms with Crippen LogP contribution in [0.4, 0.5) is 0 Å². The molecule has 2 aliphatic rings. The van der Waals surface area contributed by atoms with Crippen molar-refractivity contribution >= 4 is 33.4 Å². The van der Waals surface area contributed by atoms with Gasteiger partial charge in [0.1, 0.15) is 16.2 Å². The van der Waals surface area contributed by atoms with Crippen LogP contribution >= 0.6 is 11.3 Å². The molecular formula is C22H29N3O4S. The Hall–Kier alpha value is -2.22. The van der Waals surface area contributed by atoms with Gasteiger partial charge in [-0.1, -0.05) is 13.3 Å². The number of rotatable bonds is 3. The zero-order valence-electron chi connectivity index (χ0n) is 17.9. The van der Waals surface area contributed by atoms with Crippen LogP contribution in [0.5, 0.6) is 0 Å². The Balaban J connectivity index is 1.71. The van der Waals surface area contributed by atoms with Gasteiger partial charge in [0.15, 0.2) is 0 Å². The lowest BCUT2D eigenvalue weighted by Gasteiger charge is -2.37. The van der Waals surface area contributed by atoms with Crippen molar-refractivity contribution in [2.24, 2.45) is 5.92 Å². The number of methoxy groups -OCH3 is 1. The smallest absolute Gasteiger partial charge is 0.331 e. The lowest BCUT2D eigenvalue weighted by atomic mass is 9.77. The molecule has 0 unspecified atom stereocenters. The molecule has 30 heavy (non-hydrogen) atoms. The number of hydrogen-bond acceptors (Lipinski definition) is 6. The fraction of sp³-hybridized carbons (Fsp3) is 0.636. The Kier molecular flexibility index (Phi) is 5.70. The number of aromatic nitrogens is 2. The number of ether oxygens (including phenoxy) is 1. The minimum atomic E-state index is -0.999. The summed E-state index contributed by atoms with van der Waals surface area (Å²) in [5.74, 6) is 0.609. The second kappa shape index (κ2) is 8.13. The average molecular weight is 432 g/mol. The van der Waals surface area contributed by atoms with Gasteiger partial charge in [-0.05, 0) is 56.9 Å². The van der Waals surface area contributed by atoms with Gasteiger partial charge in [0.25, 0.3) is 11.5 Å². The molecule has 2 aromatic heterocycles. The summed E-state index contributed by atoms with van der Waals surface area (Å²) in [7, 11) is 1.36. The van der Waals surface area contributed by atoms with E-state index in [1.54, 1.807) is 11.5 Å². The second-order valence-corrected chi connectivity index (χ2v) is 9.74. The van der Waals surface area contributed by atoms with Crippen molar-refractivity contribution in [3.8, 4) is 0 Å². The van der Waals surface area contributed by atoms with Gasteiger partial charge in [0.2, 0.25) is 0 Å². The first-order valence-corrected chi connectivity index (χ1v) is 11.6. The maximum atomic E-state index is 13.3. The van der Waals surface area contributed by atoms with E-state index >= 15 is 0 Å². The maximum absolute atomic E-state index is 13.3. The third kappa shape index (κ3) is 3.55. The van der Waals surface area contributed by atoms with Crippen LogP contribution in [0, 0.1) is 12.8 Å². The van der Waals surface area contributed by atoms with Crippen molar-refractivity contribution in [3.05, 3.63) is 26.6 Å². The maximum Gasteiger partial charge on any atom is 0.331 e. The zero-order valence-corrected chi connectivity index (χ0v) is 18.7. The highest BCUT2D eigenvalue weighted by Gasteiger charge is 2.44. The number of fused-ring (bicyclic) bond motifs is 2. The molecular weight excluding hydrogens is 402 g/mol. The van der Waals surface area contributed by atoms with Crippen molar-refractivity contribution in [1.29, 1.82) is 0 Å². The summed E-state index contributed by atoms with van der Waals surface area (Å²) in [6.07, 6.45) is 6.71. The van der Waals surface area contributed by atoms with Gasteiger partial charge in [-0.3, -0.25) is 14.2 Å². The van der Waals surface area contributed by atoms with Crippen LogP contribution in [0.1, 0.15) is 72.9 Å². The number of carbonyl (C=O) groups is 2. The third-order valence-corrected chi connectivity index (χ3v) is 7.86. The van der Waals surface area contributed by atoms with E-state index in [4.69, 9.17) is 9.72 Å². The molecule has 4 rings (SSSR count). The third-order valence-electron chi connectivity index (χ3n) is 6.67. The van der Waals surface area contributed by atoms with Crippen LogP contribution in [0.15, 0.2) is 4.79 Å². The summed E-state index contributed by atoms with van der Waals surface area (Å²) in [5.41, 5.74) is -0.409. The van der Waals surface area contributed by atoms with Crippen molar-refractivity contribution in [1.82, 2.24) is 14.9 Å². The normalized spacial score (nSPS) is 24.2. The molecule has 0 saturated heterocycles. The molecule has 0 spiro atoms. The Morgan fingerprint density at radius 2 is 1.97 bits per heavy atom. The Morgan fingerprint density at radius 3 is 2.67 bits per heavy atom.